The molecule has 0 aliphatic heterocycles. The van der Waals surface area contributed by atoms with Gasteiger partial charge in [0.25, 0.3) is 0 Å². The molecule has 4 rings (SSSR count). The molecule has 0 atom stereocenters. The predicted molar refractivity (Wildman–Crippen MR) is 124 cm³/mol. The molecule has 0 aliphatic rings. The summed E-state index contributed by atoms with van der Waals surface area (Å²) in [6.07, 6.45) is 0.835. The highest BCUT2D eigenvalue weighted by Crippen LogP contribution is 2.26. The summed E-state index contributed by atoms with van der Waals surface area (Å²) in [5, 5.41) is 4.64. The highest BCUT2D eigenvalue weighted by Gasteiger charge is 2.20. The van der Waals surface area contributed by atoms with Gasteiger partial charge in [-0.2, -0.15) is 0 Å². The number of nitrogens with zero attached hydrogens (tertiary/aromatic N) is 1. The van der Waals surface area contributed by atoms with E-state index in [2.05, 4.69) is 22.4 Å². The maximum Gasteiger partial charge on any atom is 0.241 e. The van der Waals surface area contributed by atoms with Crippen molar-refractivity contribution < 1.29 is 17.6 Å². The summed E-state index contributed by atoms with van der Waals surface area (Å²) in [7, 11) is -3.87. The molecule has 1 aromatic heterocycles. The Bertz CT molecular complexity index is 1320. The van der Waals surface area contributed by atoms with Crippen LogP contribution in [0.4, 0.5) is 9.52 Å². The van der Waals surface area contributed by atoms with Crippen molar-refractivity contribution in [1.29, 1.82) is 0 Å². The fourth-order valence-corrected chi connectivity index (χ4v) is 5.01. The minimum absolute atomic E-state index is 0.107. The van der Waals surface area contributed by atoms with E-state index in [1.807, 2.05) is 42.5 Å². The molecule has 1 heterocycles. The maximum atomic E-state index is 13.0. The van der Waals surface area contributed by atoms with E-state index in [-0.39, 0.29) is 4.90 Å². The van der Waals surface area contributed by atoms with E-state index in [1.54, 1.807) is 5.38 Å². The van der Waals surface area contributed by atoms with Gasteiger partial charge in [0.2, 0.25) is 5.91 Å². The first-order valence-corrected chi connectivity index (χ1v) is 12.3. The van der Waals surface area contributed by atoms with Gasteiger partial charge in [-0.1, -0.05) is 54.6 Å². The van der Waals surface area contributed by atoms with Crippen LogP contribution in [0, 0.1) is 5.82 Å². The largest absolute Gasteiger partial charge is 0.301 e. The van der Waals surface area contributed by atoms with Crippen LogP contribution in [0.5, 0.6) is 0 Å². The highest BCUT2D eigenvalue weighted by molar-refractivity contribution is 7.92. The normalized spacial score (nSPS) is 11.3. The summed E-state index contributed by atoms with van der Waals surface area (Å²) in [5.74, 6) is -1.99. The van der Waals surface area contributed by atoms with Crippen LogP contribution in [0.15, 0.2) is 89.1 Å². The molecule has 0 saturated heterocycles. The number of halogens is 1. The zero-order valence-electron chi connectivity index (χ0n) is 16.9. The number of amides is 1. The second-order valence-electron chi connectivity index (χ2n) is 7.16. The third kappa shape index (κ3) is 5.46. The number of rotatable bonds is 7. The summed E-state index contributed by atoms with van der Waals surface area (Å²) in [5.41, 5.74) is 4.00. The first-order chi connectivity index (χ1) is 15.4. The molecule has 0 spiro atoms. The molecule has 0 unspecified atom stereocenters. The lowest BCUT2D eigenvalue weighted by Gasteiger charge is -2.05. The summed E-state index contributed by atoms with van der Waals surface area (Å²) in [4.78, 5) is 16.5. The average molecular weight is 467 g/mol. The number of hydrogen-bond acceptors (Lipinski definition) is 5. The first-order valence-electron chi connectivity index (χ1n) is 9.76. The van der Waals surface area contributed by atoms with Crippen molar-refractivity contribution in [3.8, 4) is 11.3 Å². The number of carbonyl (C=O) groups excluding carboxylic acids is 1. The Hall–Kier alpha value is -3.36. The Kier molecular flexibility index (Phi) is 6.43. The number of benzene rings is 3. The van der Waals surface area contributed by atoms with Crippen molar-refractivity contribution in [3.05, 3.63) is 101 Å². The summed E-state index contributed by atoms with van der Waals surface area (Å²) >= 11 is 1.22. The molecule has 32 heavy (non-hydrogen) atoms. The van der Waals surface area contributed by atoms with E-state index in [0.717, 1.165) is 36.2 Å². The van der Waals surface area contributed by atoms with Crippen molar-refractivity contribution in [1.82, 2.24) is 4.98 Å². The van der Waals surface area contributed by atoms with Gasteiger partial charge < -0.3 is 5.32 Å². The van der Waals surface area contributed by atoms with Gasteiger partial charge >= 0.3 is 0 Å². The van der Waals surface area contributed by atoms with E-state index < -0.39 is 27.3 Å². The molecular weight excluding hydrogens is 447 g/mol. The molecule has 3 aromatic carbocycles. The molecule has 5 nitrogen and oxygen atoms in total. The van der Waals surface area contributed by atoms with Crippen molar-refractivity contribution >= 4 is 32.2 Å². The zero-order chi connectivity index (χ0) is 22.6. The number of aromatic nitrogens is 1. The number of sulfone groups is 1. The SMILES string of the molecule is O=C(CS(=O)(=O)c1ccc(F)cc1)Nc1nc(-c2ccc(Cc3ccccc3)cc2)cs1. The number of nitrogens with one attached hydrogen (secondary N) is 1. The van der Waals surface area contributed by atoms with Crippen molar-refractivity contribution in [3.63, 3.8) is 0 Å². The Balaban J connectivity index is 1.39. The number of thiazole rings is 1. The van der Waals surface area contributed by atoms with Crippen molar-refractivity contribution in [2.75, 3.05) is 11.1 Å². The second kappa shape index (κ2) is 9.42. The Morgan fingerprint density at radius 1 is 0.906 bits per heavy atom. The molecular formula is C24H19FN2O3S2. The molecule has 4 aromatic rings. The van der Waals surface area contributed by atoms with Gasteiger partial charge in [0.1, 0.15) is 11.6 Å². The lowest BCUT2D eigenvalue weighted by atomic mass is 10.0. The number of anilines is 1. The van der Waals surface area contributed by atoms with Gasteiger partial charge in [-0.3, -0.25) is 4.79 Å². The Labute approximate surface area is 189 Å². The lowest BCUT2D eigenvalue weighted by Crippen LogP contribution is -2.23. The van der Waals surface area contributed by atoms with Crippen molar-refractivity contribution in [2.24, 2.45) is 0 Å². The fraction of sp³-hybridized carbons (Fsp3) is 0.0833. The Morgan fingerprint density at radius 2 is 1.56 bits per heavy atom. The van der Waals surface area contributed by atoms with E-state index >= 15 is 0 Å². The van der Waals surface area contributed by atoms with Crippen LogP contribution in [-0.2, 0) is 21.1 Å². The van der Waals surface area contributed by atoms with E-state index in [1.165, 1.54) is 22.5 Å². The van der Waals surface area contributed by atoms with Gasteiger partial charge in [-0.05, 0) is 41.8 Å². The predicted octanol–water partition coefficient (Wildman–Crippen LogP) is 4.95. The molecule has 0 aliphatic carbocycles. The van der Waals surface area contributed by atoms with Crippen LogP contribution in [0.3, 0.4) is 0 Å². The molecule has 0 saturated carbocycles. The molecule has 0 radical (unpaired) electrons. The summed E-state index contributed by atoms with van der Waals surface area (Å²) in [6.45, 7) is 0. The minimum atomic E-state index is -3.87. The molecule has 0 bridgehead atoms. The van der Waals surface area contributed by atoms with Gasteiger partial charge in [0, 0.05) is 10.9 Å². The zero-order valence-corrected chi connectivity index (χ0v) is 18.5. The smallest absolute Gasteiger partial charge is 0.241 e. The Morgan fingerprint density at radius 3 is 2.25 bits per heavy atom. The number of hydrogen-bond donors (Lipinski definition) is 1. The van der Waals surface area contributed by atoms with Gasteiger partial charge in [-0.25, -0.2) is 17.8 Å². The van der Waals surface area contributed by atoms with Gasteiger partial charge in [0.15, 0.2) is 15.0 Å². The second-order valence-corrected chi connectivity index (χ2v) is 10.0. The molecule has 0 fully saturated rings. The lowest BCUT2D eigenvalue weighted by molar-refractivity contribution is -0.113. The summed E-state index contributed by atoms with van der Waals surface area (Å²) in [6, 6.07) is 22.6. The van der Waals surface area contributed by atoms with Crippen LogP contribution < -0.4 is 5.32 Å². The standard InChI is InChI=1S/C24H19FN2O3S2/c25-20-10-12-21(13-11-20)32(29,30)16-23(28)27-24-26-22(15-31-24)19-8-6-18(7-9-19)14-17-4-2-1-3-5-17/h1-13,15H,14,16H2,(H,26,27,28). The molecule has 1 amide bonds. The van der Waals surface area contributed by atoms with Crippen molar-refractivity contribution in [2.45, 2.75) is 11.3 Å². The van der Waals surface area contributed by atoms with Gasteiger partial charge in [-0.15, -0.1) is 11.3 Å². The average Bonchev–Trinajstić information content (AvgIpc) is 3.23. The quantitative estimate of drug-likeness (QED) is 0.391. The van der Waals surface area contributed by atoms with Crippen LogP contribution in [-0.4, -0.2) is 25.1 Å². The number of carbonyl (C=O) groups is 1. The monoisotopic (exact) mass is 466 g/mol. The third-order valence-electron chi connectivity index (χ3n) is 4.75. The molecule has 8 heteroatoms. The topological polar surface area (TPSA) is 76.1 Å². The van der Waals surface area contributed by atoms with E-state index in [9.17, 15) is 17.6 Å². The fourth-order valence-electron chi connectivity index (χ4n) is 3.14. The van der Waals surface area contributed by atoms with Crippen LogP contribution in [0.25, 0.3) is 11.3 Å². The first kappa shape index (κ1) is 21.9. The highest BCUT2D eigenvalue weighted by atomic mass is 32.2. The van der Waals surface area contributed by atoms with Crippen LogP contribution in [0.2, 0.25) is 0 Å². The summed E-state index contributed by atoms with van der Waals surface area (Å²) < 4.78 is 37.7. The van der Waals surface area contributed by atoms with Crippen LogP contribution in [0.1, 0.15) is 11.1 Å². The molecule has 162 valence electrons. The van der Waals surface area contributed by atoms with E-state index in [0.29, 0.717) is 10.8 Å². The van der Waals surface area contributed by atoms with E-state index in [4.69, 9.17) is 0 Å². The molecule has 1 N–H and O–H groups in total. The van der Waals surface area contributed by atoms with Gasteiger partial charge in [0.05, 0.1) is 10.6 Å². The minimum Gasteiger partial charge on any atom is -0.301 e. The third-order valence-corrected chi connectivity index (χ3v) is 7.14. The van der Waals surface area contributed by atoms with Crippen LogP contribution >= 0.6 is 11.3 Å². The maximum absolute atomic E-state index is 13.0.